The van der Waals surface area contributed by atoms with E-state index in [9.17, 15) is 4.79 Å². The highest BCUT2D eigenvalue weighted by Gasteiger charge is 2.08. The first kappa shape index (κ1) is 11.7. The van der Waals surface area contributed by atoms with Crippen molar-refractivity contribution in [3.05, 3.63) is 35.4 Å². The number of hydrogen-bond donors (Lipinski definition) is 1. The van der Waals surface area contributed by atoms with Crippen molar-refractivity contribution in [2.75, 3.05) is 20.6 Å². The first-order chi connectivity index (χ1) is 7.15. The Morgan fingerprint density at radius 3 is 2.67 bits per heavy atom. The third-order valence-electron chi connectivity index (χ3n) is 2.42. The van der Waals surface area contributed by atoms with Gasteiger partial charge in [0.2, 0.25) is 5.91 Å². The van der Waals surface area contributed by atoms with Gasteiger partial charge >= 0.3 is 0 Å². The Morgan fingerprint density at radius 2 is 2.07 bits per heavy atom. The van der Waals surface area contributed by atoms with Crippen molar-refractivity contribution in [1.82, 2.24) is 10.2 Å². The molecule has 0 radical (unpaired) electrons. The summed E-state index contributed by atoms with van der Waals surface area (Å²) in [6, 6.07) is 8.12. The molecule has 1 aromatic rings. The van der Waals surface area contributed by atoms with E-state index in [0.29, 0.717) is 13.1 Å². The minimum Gasteiger partial charge on any atom is -0.340 e. The zero-order chi connectivity index (χ0) is 11.3. The van der Waals surface area contributed by atoms with Crippen molar-refractivity contribution < 1.29 is 4.79 Å². The van der Waals surface area contributed by atoms with Crippen LogP contribution in [0.2, 0.25) is 0 Å². The summed E-state index contributed by atoms with van der Waals surface area (Å²) >= 11 is 0. The summed E-state index contributed by atoms with van der Waals surface area (Å²) in [5.74, 6) is 0.112. The van der Waals surface area contributed by atoms with E-state index in [0.717, 1.165) is 0 Å². The monoisotopic (exact) mass is 206 g/mol. The minimum atomic E-state index is 0.112. The molecular weight excluding hydrogens is 188 g/mol. The molecule has 0 aliphatic rings. The largest absolute Gasteiger partial charge is 0.340 e. The lowest BCUT2D eigenvalue weighted by Crippen LogP contribution is -2.33. The maximum absolute atomic E-state index is 11.5. The summed E-state index contributed by atoms with van der Waals surface area (Å²) in [7, 11) is 3.60. The van der Waals surface area contributed by atoms with Crippen LogP contribution in [0.3, 0.4) is 0 Å². The zero-order valence-electron chi connectivity index (χ0n) is 9.58. The summed E-state index contributed by atoms with van der Waals surface area (Å²) in [6.07, 6.45) is 0. The molecule has 82 valence electrons. The lowest BCUT2D eigenvalue weighted by atomic mass is 10.1. The molecule has 0 aliphatic carbocycles. The number of carbonyl (C=O) groups excluding carboxylic acids is 1. The molecule has 1 amide bonds. The van der Waals surface area contributed by atoms with Gasteiger partial charge in [-0.15, -0.1) is 0 Å². The first-order valence-corrected chi connectivity index (χ1v) is 5.08. The van der Waals surface area contributed by atoms with Crippen LogP contribution in [0.1, 0.15) is 11.1 Å². The molecule has 3 nitrogen and oxygen atoms in total. The van der Waals surface area contributed by atoms with Crippen LogP contribution >= 0.6 is 0 Å². The third kappa shape index (κ3) is 3.36. The Morgan fingerprint density at radius 1 is 1.40 bits per heavy atom. The number of nitrogens with one attached hydrogen (secondary N) is 1. The fourth-order valence-corrected chi connectivity index (χ4v) is 1.42. The maximum atomic E-state index is 11.5. The zero-order valence-corrected chi connectivity index (χ0v) is 9.58. The molecule has 0 atom stereocenters. The quantitative estimate of drug-likeness (QED) is 0.802. The van der Waals surface area contributed by atoms with Gasteiger partial charge in [-0.2, -0.15) is 0 Å². The number of aryl methyl sites for hydroxylation is 1. The lowest BCUT2D eigenvalue weighted by Gasteiger charge is -2.18. The molecular formula is C12H18N2O. The molecule has 3 heteroatoms. The summed E-state index contributed by atoms with van der Waals surface area (Å²) < 4.78 is 0. The van der Waals surface area contributed by atoms with E-state index in [4.69, 9.17) is 0 Å². The average Bonchev–Trinajstić information content (AvgIpc) is 2.21. The number of rotatable bonds is 4. The van der Waals surface area contributed by atoms with Gasteiger partial charge in [-0.25, -0.2) is 0 Å². The van der Waals surface area contributed by atoms with Crippen LogP contribution in [0.4, 0.5) is 0 Å². The Bertz CT molecular complexity index is 336. The summed E-state index contributed by atoms with van der Waals surface area (Å²) in [4.78, 5) is 13.3. The lowest BCUT2D eigenvalue weighted by molar-refractivity contribution is -0.129. The highest BCUT2D eigenvalue weighted by Crippen LogP contribution is 2.09. The topological polar surface area (TPSA) is 32.3 Å². The molecule has 0 aromatic heterocycles. The highest BCUT2D eigenvalue weighted by molar-refractivity contribution is 5.77. The van der Waals surface area contributed by atoms with Crippen LogP contribution < -0.4 is 5.32 Å². The van der Waals surface area contributed by atoms with Gasteiger partial charge in [0.15, 0.2) is 0 Å². The Hall–Kier alpha value is -1.35. The van der Waals surface area contributed by atoms with Crippen LogP contribution in [-0.2, 0) is 11.3 Å². The van der Waals surface area contributed by atoms with Gasteiger partial charge in [0, 0.05) is 13.6 Å². The Balaban J connectivity index is 2.62. The van der Waals surface area contributed by atoms with E-state index in [1.165, 1.54) is 11.1 Å². The molecule has 1 N–H and O–H groups in total. The van der Waals surface area contributed by atoms with Crippen LogP contribution in [0.5, 0.6) is 0 Å². The van der Waals surface area contributed by atoms with Crippen molar-refractivity contribution in [2.24, 2.45) is 0 Å². The van der Waals surface area contributed by atoms with Gasteiger partial charge in [0.1, 0.15) is 0 Å². The van der Waals surface area contributed by atoms with Gasteiger partial charge in [-0.1, -0.05) is 24.3 Å². The Labute approximate surface area is 91.1 Å². The number of nitrogens with zero attached hydrogens (tertiary/aromatic N) is 1. The number of carbonyl (C=O) groups is 1. The third-order valence-corrected chi connectivity index (χ3v) is 2.42. The number of likely N-dealkylation sites (N-methyl/N-ethyl adjacent to an activating group) is 2. The van der Waals surface area contributed by atoms with Crippen LogP contribution in [0.15, 0.2) is 24.3 Å². The molecule has 0 spiro atoms. The van der Waals surface area contributed by atoms with E-state index in [-0.39, 0.29) is 5.91 Å². The molecule has 0 aliphatic heterocycles. The Kier molecular flexibility index (Phi) is 4.31. The van der Waals surface area contributed by atoms with Gasteiger partial charge in [0.25, 0.3) is 0 Å². The predicted molar refractivity (Wildman–Crippen MR) is 61.6 cm³/mol. The smallest absolute Gasteiger partial charge is 0.236 e. The van der Waals surface area contributed by atoms with E-state index >= 15 is 0 Å². The fraction of sp³-hybridized carbons (Fsp3) is 0.417. The SMILES string of the molecule is CNCC(=O)N(C)Cc1ccccc1C. The molecule has 0 saturated carbocycles. The van der Waals surface area contributed by atoms with Crippen molar-refractivity contribution in [3.8, 4) is 0 Å². The average molecular weight is 206 g/mol. The molecule has 0 bridgehead atoms. The second-order valence-corrected chi connectivity index (χ2v) is 3.71. The predicted octanol–water partition coefficient (Wildman–Crippen LogP) is 1.17. The molecule has 1 rings (SSSR count). The fourth-order valence-electron chi connectivity index (χ4n) is 1.42. The summed E-state index contributed by atoms with van der Waals surface area (Å²) in [5, 5.41) is 2.86. The van der Waals surface area contributed by atoms with E-state index in [1.807, 2.05) is 19.2 Å². The highest BCUT2D eigenvalue weighted by atomic mass is 16.2. The van der Waals surface area contributed by atoms with E-state index < -0.39 is 0 Å². The molecule has 0 saturated heterocycles. The van der Waals surface area contributed by atoms with Crippen LogP contribution in [-0.4, -0.2) is 31.4 Å². The molecule has 0 unspecified atom stereocenters. The first-order valence-electron chi connectivity index (χ1n) is 5.08. The van der Waals surface area contributed by atoms with E-state index in [2.05, 4.69) is 24.4 Å². The molecule has 0 heterocycles. The van der Waals surface area contributed by atoms with Gasteiger partial charge in [-0.3, -0.25) is 4.79 Å². The number of hydrogen-bond acceptors (Lipinski definition) is 2. The van der Waals surface area contributed by atoms with Crippen molar-refractivity contribution in [3.63, 3.8) is 0 Å². The molecule has 1 aromatic carbocycles. The minimum absolute atomic E-state index is 0.112. The second kappa shape index (κ2) is 5.51. The second-order valence-electron chi connectivity index (χ2n) is 3.71. The number of amides is 1. The van der Waals surface area contributed by atoms with Crippen LogP contribution in [0, 0.1) is 6.92 Å². The molecule has 15 heavy (non-hydrogen) atoms. The van der Waals surface area contributed by atoms with E-state index in [1.54, 1.807) is 11.9 Å². The standard InChI is InChI=1S/C12H18N2O/c1-10-6-4-5-7-11(10)9-14(3)12(15)8-13-2/h4-7,13H,8-9H2,1-3H3. The van der Waals surface area contributed by atoms with Gasteiger partial charge in [-0.05, 0) is 25.1 Å². The van der Waals surface area contributed by atoms with Crippen molar-refractivity contribution >= 4 is 5.91 Å². The van der Waals surface area contributed by atoms with Crippen molar-refractivity contribution in [2.45, 2.75) is 13.5 Å². The van der Waals surface area contributed by atoms with Gasteiger partial charge < -0.3 is 10.2 Å². The van der Waals surface area contributed by atoms with Gasteiger partial charge in [0.05, 0.1) is 6.54 Å². The van der Waals surface area contributed by atoms with Crippen molar-refractivity contribution in [1.29, 1.82) is 0 Å². The maximum Gasteiger partial charge on any atom is 0.236 e. The molecule has 0 fully saturated rings. The number of benzene rings is 1. The van der Waals surface area contributed by atoms with Crippen LogP contribution in [0.25, 0.3) is 0 Å². The normalized spacial score (nSPS) is 10.1. The summed E-state index contributed by atoms with van der Waals surface area (Å²) in [5.41, 5.74) is 2.42. The summed E-state index contributed by atoms with van der Waals surface area (Å²) in [6.45, 7) is 3.13.